The van der Waals surface area contributed by atoms with Gasteiger partial charge in [-0.05, 0) is 23.6 Å². The summed E-state index contributed by atoms with van der Waals surface area (Å²) < 4.78 is 2.28. The van der Waals surface area contributed by atoms with E-state index in [2.05, 4.69) is 40.7 Å². The number of hydrogen-bond acceptors (Lipinski definition) is 5. The van der Waals surface area contributed by atoms with Gasteiger partial charge in [0.1, 0.15) is 5.82 Å². The van der Waals surface area contributed by atoms with Crippen molar-refractivity contribution in [3.05, 3.63) is 60.2 Å². The Morgan fingerprint density at radius 1 is 1.07 bits per heavy atom. The van der Waals surface area contributed by atoms with E-state index in [9.17, 15) is 0 Å². The van der Waals surface area contributed by atoms with Gasteiger partial charge in [-0.1, -0.05) is 31.2 Å². The molecule has 5 rings (SSSR count). The first-order valence-corrected chi connectivity index (χ1v) is 9.79. The Bertz CT molecular complexity index is 1270. The third-order valence-electron chi connectivity index (χ3n) is 5.47. The van der Waals surface area contributed by atoms with Crippen molar-refractivity contribution in [2.75, 3.05) is 18.0 Å². The van der Waals surface area contributed by atoms with Gasteiger partial charge < -0.3 is 16.0 Å². The summed E-state index contributed by atoms with van der Waals surface area (Å²) >= 11 is 0. The first-order chi connectivity index (χ1) is 14.2. The van der Waals surface area contributed by atoms with E-state index in [1.54, 1.807) is 0 Å². The average Bonchev–Trinajstić information content (AvgIpc) is 3.13. The number of rotatable bonds is 3. The lowest BCUT2D eigenvalue weighted by Crippen LogP contribution is -2.13. The maximum Gasteiger partial charge on any atom is 0.109 e. The van der Waals surface area contributed by atoms with E-state index in [1.807, 2.05) is 30.6 Å². The lowest BCUT2D eigenvalue weighted by Gasteiger charge is -2.12. The summed E-state index contributed by atoms with van der Waals surface area (Å²) in [6, 6.07) is 14.0. The predicted molar refractivity (Wildman–Crippen MR) is 119 cm³/mol. The van der Waals surface area contributed by atoms with Crippen molar-refractivity contribution >= 4 is 28.4 Å². The summed E-state index contributed by atoms with van der Waals surface area (Å²) in [5.41, 5.74) is 17.9. The second-order valence-corrected chi connectivity index (χ2v) is 7.24. The molecule has 0 bridgehead atoms. The quantitative estimate of drug-likeness (QED) is 0.525. The van der Waals surface area contributed by atoms with Gasteiger partial charge in [0, 0.05) is 41.9 Å². The van der Waals surface area contributed by atoms with E-state index in [4.69, 9.17) is 21.4 Å². The first-order valence-electron chi connectivity index (χ1n) is 9.79. The van der Waals surface area contributed by atoms with Crippen molar-refractivity contribution < 1.29 is 0 Å². The van der Waals surface area contributed by atoms with Crippen LogP contribution in [0.2, 0.25) is 0 Å². The van der Waals surface area contributed by atoms with Crippen LogP contribution in [-0.2, 0) is 13.0 Å². The van der Waals surface area contributed by atoms with E-state index in [-0.39, 0.29) is 0 Å². The minimum absolute atomic E-state index is 0.564. The molecule has 0 saturated heterocycles. The smallest absolute Gasteiger partial charge is 0.109 e. The van der Waals surface area contributed by atoms with Gasteiger partial charge in [-0.25, -0.2) is 4.98 Å². The maximum absolute atomic E-state index is 5.98. The second kappa shape index (κ2) is 6.74. The van der Waals surface area contributed by atoms with Crippen LogP contribution in [0.3, 0.4) is 0 Å². The van der Waals surface area contributed by atoms with E-state index in [0.29, 0.717) is 11.4 Å². The van der Waals surface area contributed by atoms with Crippen molar-refractivity contribution in [1.29, 1.82) is 0 Å². The molecule has 0 saturated carbocycles. The summed E-state index contributed by atoms with van der Waals surface area (Å²) in [4.78, 5) is 14.1. The molecule has 4 aromatic rings. The third kappa shape index (κ3) is 2.84. The molecule has 0 unspecified atom stereocenters. The summed E-state index contributed by atoms with van der Waals surface area (Å²) in [7, 11) is 0. The Balaban J connectivity index is 1.67. The van der Waals surface area contributed by atoms with Crippen LogP contribution in [-0.4, -0.2) is 27.3 Å². The highest BCUT2D eigenvalue weighted by Crippen LogP contribution is 2.33. The largest absolute Gasteiger partial charge is 0.397 e. The number of fused-ring (bicyclic) bond motifs is 2. The fraction of sp³-hybridized carbons (Fsp3) is 0.174. The highest BCUT2D eigenvalue weighted by molar-refractivity contribution is 6.00. The number of pyridine rings is 1. The van der Waals surface area contributed by atoms with Gasteiger partial charge in [-0.2, -0.15) is 0 Å². The lowest BCUT2D eigenvalue weighted by molar-refractivity contribution is 0.652. The van der Waals surface area contributed by atoms with Crippen LogP contribution in [0.15, 0.2) is 53.7 Å². The zero-order valence-electron chi connectivity index (χ0n) is 16.3. The van der Waals surface area contributed by atoms with Crippen LogP contribution in [0.4, 0.5) is 11.4 Å². The van der Waals surface area contributed by atoms with Crippen molar-refractivity contribution in [3.63, 3.8) is 0 Å². The van der Waals surface area contributed by atoms with E-state index < -0.39 is 0 Å². The SMILES string of the molecule is CCc1nc(-c2cccc3cc(-c4ccc(N)c(N)c4)ncc23)c2n1CCN=C2. The number of aliphatic imine (C=N–C) groups is 1. The number of benzene rings is 2. The molecule has 0 spiro atoms. The number of nitrogens with two attached hydrogens (primary N) is 2. The first kappa shape index (κ1) is 17.4. The minimum Gasteiger partial charge on any atom is -0.397 e. The van der Waals surface area contributed by atoms with Crippen molar-refractivity contribution in [1.82, 2.24) is 14.5 Å². The zero-order chi connectivity index (χ0) is 20.0. The second-order valence-electron chi connectivity index (χ2n) is 7.24. The van der Waals surface area contributed by atoms with Crippen molar-refractivity contribution in [2.24, 2.45) is 4.99 Å². The van der Waals surface area contributed by atoms with Crippen molar-refractivity contribution in [2.45, 2.75) is 19.9 Å². The zero-order valence-corrected chi connectivity index (χ0v) is 16.3. The molecule has 6 nitrogen and oxygen atoms in total. The van der Waals surface area contributed by atoms with Gasteiger partial charge in [-0.15, -0.1) is 0 Å². The van der Waals surface area contributed by atoms with Crippen LogP contribution < -0.4 is 11.5 Å². The van der Waals surface area contributed by atoms with Crippen LogP contribution in [0.25, 0.3) is 33.3 Å². The predicted octanol–water partition coefficient (Wildman–Crippen LogP) is 3.92. The van der Waals surface area contributed by atoms with Crippen molar-refractivity contribution in [3.8, 4) is 22.5 Å². The fourth-order valence-corrected chi connectivity index (χ4v) is 3.94. The summed E-state index contributed by atoms with van der Waals surface area (Å²) in [5.74, 6) is 1.10. The van der Waals surface area contributed by atoms with Gasteiger partial charge >= 0.3 is 0 Å². The number of imidazole rings is 1. The summed E-state index contributed by atoms with van der Waals surface area (Å²) in [6.07, 6.45) is 4.76. The molecular formula is C23H22N6. The molecule has 144 valence electrons. The Hall–Kier alpha value is -3.67. The van der Waals surface area contributed by atoms with Gasteiger partial charge in [-0.3, -0.25) is 9.98 Å². The number of aromatic nitrogens is 3. The molecule has 29 heavy (non-hydrogen) atoms. The molecular weight excluding hydrogens is 360 g/mol. The normalized spacial score (nSPS) is 13.0. The Morgan fingerprint density at radius 2 is 1.97 bits per heavy atom. The van der Waals surface area contributed by atoms with Crippen LogP contribution in [0, 0.1) is 0 Å². The summed E-state index contributed by atoms with van der Waals surface area (Å²) in [5, 5.41) is 2.18. The monoisotopic (exact) mass is 382 g/mol. The van der Waals surface area contributed by atoms with Gasteiger partial charge in [0.25, 0.3) is 0 Å². The molecule has 4 N–H and O–H groups in total. The minimum atomic E-state index is 0.564. The van der Waals surface area contributed by atoms with Gasteiger partial charge in [0.15, 0.2) is 0 Å². The Morgan fingerprint density at radius 3 is 2.79 bits per heavy atom. The average molecular weight is 382 g/mol. The number of anilines is 2. The molecule has 0 atom stereocenters. The number of aryl methyl sites for hydroxylation is 1. The third-order valence-corrected chi connectivity index (χ3v) is 5.47. The van der Waals surface area contributed by atoms with Crippen LogP contribution >= 0.6 is 0 Å². The van der Waals surface area contributed by atoms with E-state index in [0.717, 1.165) is 64.3 Å². The standard InChI is InChI=1S/C23H22N6/c1-2-22-28-23(21-13-26-8-9-29(21)22)16-5-3-4-14-11-20(27-12-17(14)16)15-6-7-18(24)19(25)10-15/h3-7,10-13H,2,8-9,24-25H2,1H3. The maximum atomic E-state index is 5.98. The van der Waals surface area contributed by atoms with Gasteiger partial charge in [0.05, 0.1) is 35.0 Å². The molecule has 0 fully saturated rings. The molecule has 1 aliphatic rings. The molecule has 1 aliphatic heterocycles. The Kier molecular flexibility index (Phi) is 4.05. The molecule has 0 amide bonds. The van der Waals surface area contributed by atoms with Gasteiger partial charge in [0.2, 0.25) is 0 Å². The lowest BCUT2D eigenvalue weighted by atomic mass is 10.0. The highest BCUT2D eigenvalue weighted by atomic mass is 15.1. The van der Waals surface area contributed by atoms with E-state index >= 15 is 0 Å². The fourth-order valence-electron chi connectivity index (χ4n) is 3.94. The number of nitrogens with zero attached hydrogens (tertiary/aromatic N) is 4. The molecule has 0 radical (unpaired) electrons. The highest BCUT2D eigenvalue weighted by Gasteiger charge is 2.19. The van der Waals surface area contributed by atoms with Crippen LogP contribution in [0.1, 0.15) is 18.4 Å². The van der Waals surface area contributed by atoms with Crippen LogP contribution in [0.5, 0.6) is 0 Å². The Labute approximate surface area is 168 Å². The topological polar surface area (TPSA) is 95.1 Å². The number of hydrogen-bond donors (Lipinski definition) is 2. The van der Waals surface area contributed by atoms with E-state index in [1.165, 1.54) is 0 Å². The molecule has 0 aliphatic carbocycles. The molecule has 2 aromatic carbocycles. The molecule has 2 aromatic heterocycles. The molecule has 6 heteroatoms. The molecule has 3 heterocycles. The number of nitrogen functional groups attached to an aromatic ring is 2. The summed E-state index contributed by atoms with van der Waals surface area (Å²) in [6.45, 7) is 3.83.